The number of carbonyl (C=O) groups is 1. The van der Waals surface area contributed by atoms with Gasteiger partial charge in [-0.1, -0.05) is 29.5 Å². The lowest BCUT2D eigenvalue weighted by atomic mass is 10.2. The van der Waals surface area contributed by atoms with Gasteiger partial charge in [0.2, 0.25) is 0 Å². The highest BCUT2D eigenvalue weighted by molar-refractivity contribution is 7.99. The minimum Gasteiger partial charge on any atom is -0.484 e. The van der Waals surface area contributed by atoms with Crippen LogP contribution in [0.4, 0.5) is 5.82 Å². The van der Waals surface area contributed by atoms with Gasteiger partial charge in [-0.25, -0.2) is 4.79 Å². The molecule has 0 aliphatic heterocycles. The standard InChI is InChI=1S/C19H21N5O6S/c1-11-3-5-12(6-4-11)29-9-14-22-23-19(30-14)31-10-13(25)15-16(20)24(7-8-28-2)18(27)21-17(15)26/h3-6H,7-10,20H2,1-2H3,(H,21,26,27). The predicted octanol–water partition coefficient (Wildman–Crippen LogP) is 1.01. The number of nitrogens with one attached hydrogen (secondary N) is 1. The second kappa shape index (κ2) is 10.1. The number of H-pyrrole nitrogens is 1. The molecule has 0 aliphatic rings. The van der Waals surface area contributed by atoms with Crippen molar-refractivity contribution < 1.29 is 18.7 Å². The van der Waals surface area contributed by atoms with Gasteiger partial charge in [0.05, 0.1) is 18.9 Å². The molecule has 31 heavy (non-hydrogen) atoms. The van der Waals surface area contributed by atoms with Crippen LogP contribution in [0.2, 0.25) is 0 Å². The molecule has 0 fully saturated rings. The summed E-state index contributed by atoms with van der Waals surface area (Å²) in [5, 5.41) is 7.86. The van der Waals surface area contributed by atoms with Crippen LogP contribution < -0.4 is 21.7 Å². The lowest BCUT2D eigenvalue weighted by Gasteiger charge is -2.11. The quantitative estimate of drug-likeness (QED) is 0.340. The van der Waals surface area contributed by atoms with Crippen LogP contribution in [0.1, 0.15) is 21.8 Å². The summed E-state index contributed by atoms with van der Waals surface area (Å²) in [7, 11) is 1.46. The molecule has 11 nitrogen and oxygen atoms in total. The summed E-state index contributed by atoms with van der Waals surface area (Å²) in [6.45, 7) is 2.33. The second-order valence-electron chi connectivity index (χ2n) is 6.44. The van der Waals surface area contributed by atoms with Crippen molar-refractivity contribution in [3.05, 3.63) is 62.1 Å². The first-order valence-corrected chi connectivity index (χ1v) is 10.2. The first-order valence-electron chi connectivity index (χ1n) is 9.18. The molecule has 3 N–H and O–H groups in total. The Morgan fingerprint density at radius 3 is 2.71 bits per heavy atom. The number of ether oxygens (including phenoxy) is 2. The Morgan fingerprint density at radius 2 is 2.00 bits per heavy atom. The van der Waals surface area contributed by atoms with Crippen molar-refractivity contribution in [2.75, 3.05) is 25.2 Å². The number of anilines is 1. The number of hydrogen-bond acceptors (Lipinski definition) is 10. The van der Waals surface area contributed by atoms with E-state index in [1.54, 1.807) is 0 Å². The van der Waals surface area contributed by atoms with Crippen LogP contribution in [0, 0.1) is 6.92 Å². The molecule has 0 amide bonds. The van der Waals surface area contributed by atoms with Gasteiger partial charge in [-0.2, -0.15) is 0 Å². The summed E-state index contributed by atoms with van der Waals surface area (Å²) in [4.78, 5) is 38.7. The SMILES string of the molecule is COCCn1c(N)c(C(=O)CSc2nnc(COc3ccc(C)cc3)o2)c(=O)[nH]c1=O. The van der Waals surface area contributed by atoms with Gasteiger partial charge in [0.1, 0.15) is 17.1 Å². The molecule has 0 radical (unpaired) electrons. The summed E-state index contributed by atoms with van der Waals surface area (Å²) in [6, 6.07) is 7.49. The molecule has 2 aromatic heterocycles. The Labute approximate surface area is 180 Å². The van der Waals surface area contributed by atoms with Gasteiger partial charge in [-0.3, -0.25) is 19.1 Å². The van der Waals surface area contributed by atoms with Crippen LogP contribution in [0.25, 0.3) is 0 Å². The van der Waals surface area contributed by atoms with E-state index in [-0.39, 0.29) is 48.0 Å². The van der Waals surface area contributed by atoms with E-state index in [2.05, 4.69) is 15.2 Å². The molecule has 0 unspecified atom stereocenters. The summed E-state index contributed by atoms with van der Waals surface area (Å²) >= 11 is 0.947. The van der Waals surface area contributed by atoms with Crippen LogP contribution in [-0.2, 0) is 17.9 Å². The molecule has 3 rings (SSSR count). The van der Waals surface area contributed by atoms with E-state index in [4.69, 9.17) is 19.6 Å². The largest absolute Gasteiger partial charge is 0.484 e. The molecule has 12 heteroatoms. The fourth-order valence-corrected chi connectivity index (χ4v) is 3.25. The Kier molecular flexibility index (Phi) is 7.26. The Balaban J connectivity index is 1.63. The van der Waals surface area contributed by atoms with E-state index in [1.165, 1.54) is 7.11 Å². The highest BCUT2D eigenvalue weighted by Crippen LogP contribution is 2.19. The van der Waals surface area contributed by atoms with Crippen molar-refractivity contribution in [3.8, 4) is 5.75 Å². The summed E-state index contributed by atoms with van der Waals surface area (Å²) in [5.74, 6) is -0.0805. The molecule has 1 aromatic carbocycles. The summed E-state index contributed by atoms with van der Waals surface area (Å²) in [6.07, 6.45) is 0. The number of ketones is 1. The Bertz CT molecular complexity index is 1170. The van der Waals surface area contributed by atoms with Crippen molar-refractivity contribution in [2.24, 2.45) is 0 Å². The maximum absolute atomic E-state index is 12.6. The molecule has 164 valence electrons. The number of rotatable bonds is 10. The number of nitrogens with two attached hydrogens (primary N) is 1. The van der Waals surface area contributed by atoms with Crippen molar-refractivity contribution >= 4 is 23.4 Å². The molecule has 0 atom stereocenters. The maximum Gasteiger partial charge on any atom is 0.330 e. The minimum atomic E-state index is -0.848. The molecule has 3 aromatic rings. The number of nitrogen functional groups attached to an aromatic ring is 1. The summed E-state index contributed by atoms with van der Waals surface area (Å²) < 4.78 is 17.0. The third-order valence-electron chi connectivity index (χ3n) is 4.20. The third kappa shape index (κ3) is 5.61. The van der Waals surface area contributed by atoms with Gasteiger partial charge in [-0.15, -0.1) is 10.2 Å². The van der Waals surface area contributed by atoms with Gasteiger partial charge in [0, 0.05) is 7.11 Å². The zero-order valence-corrected chi connectivity index (χ0v) is 17.7. The zero-order valence-electron chi connectivity index (χ0n) is 16.9. The number of aryl methyl sites for hydroxylation is 1. The molecule has 0 bridgehead atoms. The second-order valence-corrected chi connectivity index (χ2v) is 7.37. The predicted molar refractivity (Wildman–Crippen MR) is 112 cm³/mol. The van der Waals surface area contributed by atoms with Gasteiger partial charge >= 0.3 is 5.69 Å². The van der Waals surface area contributed by atoms with Crippen LogP contribution in [-0.4, -0.2) is 45.0 Å². The molecule has 0 saturated heterocycles. The van der Waals surface area contributed by atoms with E-state index in [0.29, 0.717) is 5.75 Å². The molecule has 0 spiro atoms. The van der Waals surface area contributed by atoms with Crippen LogP contribution in [0.3, 0.4) is 0 Å². The first kappa shape index (κ1) is 22.3. The number of hydrogen-bond donors (Lipinski definition) is 2. The summed E-state index contributed by atoms with van der Waals surface area (Å²) in [5.41, 5.74) is 5.15. The smallest absolute Gasteiger partial charge is 0.330 e. The first-order chi connectivity index (χ1) is 14.9. The number of carbonyl (C=O) groups excluding carboxylic acids is 1. The van der Waals surface area contributed by atoms with Gasteiger partial charge in [-0.05, 0) is 19.1 Å². The topological polar surface area (TPSA) is 155 Å². The van der Waals surface area contributed by atoms with Crippen LogP contribution in [0.5, 0.6) is 5.75 Å². The van der Waals surface area contributed by atoms with E-state index < -0.39 is 17.0 Å². The normalized spacial score (nSPS) is 10.9. The fourth-order valence-electron chi connectivity index (χ4n) is 2.60. The zero-order chi connectivity index (χ0) is 22.4. The number of thioether (sulfide) groups is 1. The monoisotopic (exact) mass is 447 g/mol. The van der Waals surface area contributed by atoms with Gasteiger partial charge in [0.25, 0.3) is 16.7 Å². The average molecular weight is 447 g/mol. The molecule has 2 heterocycles. The highest BCUT2D eigenvalue weighted by atomic mass is 32.2. The number of benzene rings is 1. The number of aromatic amines is 1. The molecule has 0 aliphatic carbocycles. The van der Waals surface area contributed by atoms with E-state index in [9.17, 15) is 14.4 Å². The average Bonchev–Trinajstić information content (AvgIpc) is 3.19. The fraction of sp³-hybridized carbons (Fsp3) is 0.316. The molecular weight excluding hydrogens is 426 g/mol. The molecule has 0 saturated carbocycles. The Hall–Kier alpha value is -3.38. The maximum atomic E-state index is 12.6. The van der Waals surface area contributed by atoms with Crippen molar-refractivity contribution in [3.63, 3.8) is 0 Å². The van der Waals surface area contributed by atoms with E-state index >= 15 is 0 Å². The lowest BCUT2D eigenvalue weighted by molar-refractivity contribution is 0.102. The van der Waals surface area contributed by atoms with Crippen molar-refractivity contribution in [2.45, 2.75) is 25.3 Å². The van der Waals surface area contributed by atoms with E-state index in [1.807, 2.05) is 31.2 Å². The molecular formula is C19H21N5O6S. The number of Topliss-reactive ketones (excluding diaryl/α,β-unsaturated/α-hetero) is 1. The van der Waals surface area contributed by atoms with Gasteiger partial charge < -0.3 is 19.6 Å². The number of aromatic nitrogens is 4. The highest BCUT2D eigenvalue weighted by Gasteiger charge is 2.20. The van der Waals surface area contributed by atoms with Crippen molar-refractivity contribution in [1.29, 1.82) is 0 Å². The third-order valence-corrected chi connectivity index (χ3v) is 5.01. The van der Waals surface area contributed by atoms with Crippen LogP contribution >= 0.6 is 11.8 Å². The Morgan fingerprint density at radius 1 is 1.26 bits per heavy atom. The van der Waals surface area contributed by atoms with E-state index in [0.717, 1.165) is 21.9 Å². The van der Waals surface area contributed by atoms with Crippen LogP contribution in [0.15, 0.2) is 43.5 Å². The lowest BCUT2D eigenvalue weighted by Crippen LogP contribution is -2.37. The van der Waals surface area contributed by atoms with Gasteiger partial charge in [0.15, 0.2) is 12.4 Å². The number of nitrogens with zero attached hydrogens (tertiary/aromatic N) is 3. The van der Waals surface area contributed by atoms with Crippen molar-refractivity contribution in [1.82, 2.24) is 19.7 Å². The number of methoxy groups -OCH3 is 1. The minimum absolute atomic E-state index is 0.0711.